The van der Waals surface area contributed by atoms with Crippen molar-refractivity contribution in [2.24, 2.45) is 5.73 Å². The van der Waals surface area contributed by atoms with E-state index in [-0.39, 0.29) is 11.9 Å². The van der Waals surface area contributed by atoms with Crippen LogP contribution in [0.4, 0.5) is 0 Å². The van der Waals surface area contributed by atoms with Gasteiger partial charge in [-0.2, -0.15) is 0 Å². The van der Waals surface area contributed by atoms with Crippen molar-refractivity contribution < 1.29 is 4.79 Å². The molecular formula is C18H24N2O. The van der Waals surface area contributed by atoms with Crippen LogP contribution in [0.3, 0.4) is 0 Å². The van der Waals surface area contributed by atoms with Gasteiger partial charge >= 0.3 is 0 Å². The highest BCUT2D eigenvalue weighted by Crippen LogP contribution is 2.31. The lowest BCUT2D eigenvalue weighted by Gasteiger charge is -2.37. The van der Waals surface area contributed by atoms with Gasteiger partial charge in [0.1, 0.15) is 0 Å². The first kappa shape index (κ1) is 15.5. The summed E-state index contributed by atoms with van der Waals surface area (Å²) in [5, 5.41) is 3.15. The summed E-state index contributed by atoms with van der Waals surface area (Å²) >= 11 is 0. The van der Waals surface area contributed by atoms with Crippen molar-refractivity contribution in [3.05, 3.63) is 58.7 Å². The van der Waals surface area contributed by atoms with Crippen LogP contribution in [0.1, 0.15) is 33.3 Å². The average molecular weight is 284 g/mol. The highest BCUT2D eigenvalue weighted by molar-refractivity contribution is 5.80. The fourth-order valence-electron chi connectivity index (χ4n) is 2.88. The minimum atomic E-state index is -0.449. The maximum atomic E-state index is 12.3. The second kappa shape index (κ2) is 5.86. The molecule has 0 fully saturated rings. The second-order valence-electron chi connectivity index (χ2n) is 6.09. The number of hydrogen-bond acceptors (Lipinski definition) is 2. The number of nitrogens with two attached hydrogens (primary N) is 1. The maximum Gasteiger partial charge on any atom is 0.225 e. The van der Waals surface area contributed by atoms with Crippen LogP contribution in [0.15, 0.2) is 53.1 Å². The molecule has 1 aliphatic rings. The molecule has 0 aliphatic heterocycles. The SMILES string of the molecule is CC1=CC(C)(NC(=O)Cc2ccccc2)C(C)=C(C)C1N. The molecule has 3 N–H and O–H groups in total. The van der Waals surface area contributed by atoms with Gasteiger partial charge in [-0.05, 0) is 38.8 Å². The molecular weight excluding hydrogens is 260 g/mol. The molecule has 112 valence electrons. The lowest BCUT2D eigenvalue weighted by molar-refractivity contribution is -0.121. The Morgan fingerprint density at radius 3 is 2.48 bits per heavy atom. The van der Waals surface area contributed by atoms with Gasteiger partial charge in [-0.3, -0.25) is 4.79 Å². The minimum absolute atomic E-state index is 0.0235. The molecule has 0 radical (unpaired) electrons. The molecule has 21 heavy (non-hydrogen) atoms. The molecule has 3 nitrogen and oxygen atoms in total. The third-order valence-electron chi connectivity index (χ3n) is 4.45. The molecule has 0 saturated carbocycles. The number of carbonyl (C=O) groups excluding carboxylic acids is 1. The van der Waals surface area contributed by atoms with Gasteiger partial charge < -0.3 is 11.1 Å². The predicted octanol–water partition coefficient (Wildman–Crippen LogP) is 2.73. The third kappa shape index (κ3) is 3.24. The van der Waals surface area contributed by atoms with Crippen LogP contribution < -0.4 is 11.1 Å². The van der Waals surface area contributed by atoms with E-state index in [9.17, 15) is 4.79 Å². The molecule has 0 spiro atoms. The van der Waals surface area contributed by atoms with E-state index >= 15 is 0 Å². The molecule has 2 unspecified atom stereocenters. The smallest absolute Gasteiger partial charge is 0.225 e. The fraction of sp³-hybridized carbons (Fsp3) is 0.389. The molecule has 0 saturated heterocycles. The Labute approximate surface area is 126 Å². The van der Waals surface area contributed by atoms with E-state index < -0.39 is 5.54 Å². The summed E-state index contributed by atoms with van der Waals surface area (Å²) in [6.45, 7) is 8.13. The van der Waals surface area contributed by atoms with Crippen molar-refractivity contribution in [2.45, 2.75) is 45.7 Å². The zero-order valence-corrected chi connectivity index (χ0v) is 13.2. The van der Waals surface area contributed by atoms with E-state index in [0.29, 0.717) is 6.42 Å². The van der Waals surface area contributed by atoms with Crippen molar-refractivity contribution in [1.82, 2.24) is 5.32 Å². The molecule has 1 aliphatic carbocycles. The Hall–Kier alpha value is -1.87. The second-order valence-corrected chi connectivity index (χ2v) is 6.09. The van der Waals surface area contributed by atoms with Crippen LogP contribution in [-0.2, 0) is 11.2 Å². The van der Waals surface area contributed by atoms with Gasteiger partial charge in [0.2, 0.25) is 5.91 Å². The minimum Gasteiger partial charge on any atom is -0.343 e. The summed E-state index contributed by atoms with van der Waals surface area (Å²) in [6, 6.07) is 9.74. The summed E-state index contributed by atoms with van der Waals surface area (Å²) in [6.07, 6.45) is 2.46. The molecule has 2 atom stereocenters. The van der Waals surface area contributed by atoms with Gasteiger partial charge in [0, 0.05) is 6.04 Å². The topological polar surface area (TPSA) is 55.1 Å². The zero-order chi connectivity index (χ0) is 15.6. The van der Waals surface area contributed by atoms with Crippen molar-refractivity contribution in [2.75, 3.05) is 0 Å². The van der Waals surface area contributed by atoms with E-state index in [2.05, 4.69) is 11.4 Å². The molecule has 1 amide bonds. The van der Waals surface area contributed by atoms with Crippen LogP contribution in [0, 0.1) is 0 Å². The summed E-state index contributed by atoms with van der Waals surface area (Å²) in [5.74, 6) is 0.0235. The summed E-state index contributed by atoms with van der Waals surface area (Å²) in [7, 11) is 0. The zero-order valence-electron chi connectivity index (χ0n) is 13.2. The Morgan fingerprint density at radius 2 is 1.86 bits per heavy atom. The van der Waals surface area contributed by atoms with E-state index in [1.807, 2.05) is 58.0 Å². The van der Waals surface area contributed by atoms with Gasteiger partial charge in [0.15, 0.2) is 0 Å². The van der Waals surface area contributed by atoms with Crippen LogP contribution in [0.5, 0.6) is 0 Å². The van der Waals surface area contributed by atoms with E-state index in [0.717, 1.165) is 22.3 Å². The van der Waals surface area contributed by atoms with Crippen molar-refractivity contribution in [3.8, 4) is 0 Å². The van der Waals surface area contributed by atoms with E-state index in [1.54, 1.807) is 0 Å². The third-order valence-corrected chi connectivity index (χ3v) is 4.45. The van der Waals surface area contributed by atoms with Crippen LogP contribution in [-0.4, -0.2) is 17.5 Å². The van der Waals surface area contributed by atoms with Crippen LogP contribution >= 0.6 is 0 Å². The Bertz CT molecular complexity index is 601. The van der Waals surface area contributed by atoms with Crippen molar-refractivity contribution in [3.63, 3.8) is 0 Å². The lowest BCUT2D eigenvalue weighted by Crippen LogP contribution is -2.50. The molecule has 0 bridgehead atoms. The normalized spacial score (nSPS) is 25.6. The number of rotatable bonds is 3. The number of hydrogen-bond donors (Lipinski definition) is 2. The van der Waals surface area contributed by atoms with Crippen molar-refractivity contribution >= 4 is 5.91 Å². The molecule has 1 aromatic carbocycles. The Kier molecular flexibility index (Phi) is 4.33. The van der Waals surface area contributed by atoms with Gasteiger partial charge in [-0.15, -0.1) is 0 Å². The molecule has 3 heteroatoms. The monoisotopic (exact) mass is 284 g/mol. The molecule has 0 heterocycles. The largest absolute Gasteiger partial charge is 0.343 e. The number of amides is 1. The van der Waals surface area contributed by atoms with Crippen LogP contribution in [0.2, 0.25) is 0 Å². The highest BCUT2D eigenvalue weighted by atomic mass is 16.1. The first-order chi connectivity index (χ1) is 9.83. The fourth-order valence-corrected chi connectivity index (χ4v) is 2.88. The Morgan fingerprint density at radius 1 is 1.24 bits per heavy atom. The highest BCUT2D eigenvalue weighted by Gasteiger charge is 2.32. The number of nitrogens with one attached hydrogen (secondary N) is 1. The van der Waals surface area contributed by atoms with Gasteiger partial charge in [-0.1, -0.05) is 47.6 Å². The van der Waals surface area contributed by atoms with E-state index in [1.165, 1.54) is 0 Å². The lowest BCUT2D eigenvalue weighted by atomic mass is 9.78. The van der Waals surface area contributed by atoms with Gasteiger partial charge in [-0.25, -0.2) is 0 Å². The van der Waals surface area contributed by atoms with Gasteiger partial charge in [0.25, 0.3) is 0 Å². The molecule has 1 aromatic rings. The standard InChI is InChI=1S/C18H24N2O/c1-12-11-18(4,14(3)13(2)17(12)19)20-16(21)10-15-8-6-5-7-9-15/h5-9,11,17H,10,19H2,1-4H3,(H,20,21). The van der Waals surface area contributed by atoms with Gasteiger partial charge in [0.05, 0.1) is 12.0 Å². The number of benzene rings is 1. The maximum absolute atomic E-state index is 12.3. The summed E-state index contributed by atoms with van der Waals surface area (Å²) < 4.78 is 0. The first-order valence-electron chi connectivity index (χ1n) is 7.31. The number of carbonyl (C=O) groups is 1. The molecule has 2 rings (SSSR count). The average Bonchev–Trinajstić information content (AvgIpc) is 2.44. The summed E-state index contributed by atoms with van der Waals surface area (Å²) in [4.78, 5) is 12.3. The van der Waals surface area contributed by atoms with Crippen LogP contribution in [0.25, 0.3) is 0 Å². The van der Waals surface area contributed by atoms with E-state index in [4.69, 9.17) is 5.73 Å². The quantitative estimate of drug-likeness (QED) is 0.839. The molecule has 0 aromatic heterocycles. The predicted molar refractivity (Wildman–Crippen MR) is 86.8 cm³/mol. The Balaban J connectivity index is 2.16. The van der Waals surface area contributed by atoms with Crippen molar-refractivity contribution in [1.29, 1.82) is 0 Å². The first-order valence-corrected chi connectivity index (χ1v) is 7.31. The summed E-state index contributed by atoms with van der Waals surface area (Å²) in [5.41, 5.74) is 10.1.